The van der Waals surface area contributed by atoms with Crippen molar-refractivity contribution in [3.63, 3.8) is 0 Å². The van der Waals surface area contributed by atoms with Gasteiger partial charge in [-0.3, -0.25) is 0 Å². The number of hydrogen-bond acceptors (Lipinski definition) is 3. The van der Waals surface area contributed by atoms with E-state index in [1.165, 1.54) is 103 Å². The molecule has 0 saturated heterocycles. The molecular weight excluding hydrogens is 908 g/mol. The molecule has 366 valence electrons. The molecule has 3 N–H and O–H groups in total. The summed E-state index contributed by atoms with van der Waals surface area (Å²) < 4.78 is 1.63. The lowest BCUT2D eigenvalue weighted by Gasteiger charge is -2.58. The van der Waals surface area contributed by atoms with Crippen LogP contribution in [0, 0.1) is 91.7 Å². The van der Waals surface area contributed by atoms with Crippen molar-refractivity contribution >= 4 is 22.6 Å². The lowest BCUT2D eigenvalue weighted by atomic mass is 9.47. The molecular formula is C61H97IO3. The number of rotatable bonds is 0. The first kappa shape index (κ1) is 50.7. The Kier molecular flexibility index (Phi) is 14.2. The highest BCUT2D eigenvalue weighted by Gasteiger charge is 2.60. The quantitative estimate of drug-likeness (QED) is 0.167. The fourth-order valence-corrected chi connectivity index (χ4v) is 20.4. The smallest absolute Gasteiger partial charge is 0.0577 e. The molecule has 4 heteroatoms. The summed E-state index contributed by atoms with van der Waals surface area (Å²) in [6.45, 7) is 20.1. The molecule has 7 fully saturated rings. The van der Waals surface area contributed by atoms with Crippen LogP contribution in [0.5, 0.6) is 0 Å². The van der Waals surface area contributed by atoms with Crippen molar-refractivity contribution in [2.75, 3.05) is 0 Å². The van der Waals surface area contributed by atoms with E-state index in [0.717, 1.165) is 97.7 Å². The molecule has 19 atom stereocenters. The van der Waals surface area contributed by atoms with Gasteiger partial charge in [-0.25, -0.2) is 0 Å². The van der Waals surface area contributed by atoms with E-state index in [-0.39, 0.29) is 33.2 Å². The van der Waals surface area contributed by atoms with Crippen LogP contribution in [0.3, 0.4) is 0 Å². The zero-order valence-electron chi connectivity index (χ0n) is 41.2. The molecule has 3 nitrogen and oxygen atoms in total. The molecule has 0 aromatic carbocycles. The molecule has 12 rings (SSSR count). The molecule has 0 spiro atoms. The van der Waals surface area contributed by atoms with E-state index >= 15 is 0 Å². The van der Waals surface area contributed by atoms with Crippen LogP contribution in [-0.4, -0.2) is 33.6 Å². The van der Waals surface area contributed by atoms with Crippen LogP contribution < -0.4 is 0 Å². The van der Waals surface area contributed by atoms with Crippen LogP contribution >= 0.6 is 22.6 Å². The largest absolute Gasteiger partial charge is 0.393 e. The van der Waals surface area contributed by atoms with Gasteiger partial charge in [-0.05, 0) is 261 Å². The van der Waals surface area contributed by atoms with Gasteiger partial charge in [0.25, 0.3) is 0 Å². The maximum absolute atomic E-state index is 10.0. The number of aliphatic hydroxyl groups excluding tert-OH is 3. The summed E-state index contributed by atoms with van der Waals surface area (Å²) in [6, 6.07) is 0. The highest BCUT2D eigenvalue weighted by Crippen LogP contribution is 2.69. The van der Waals surface area contributed by atoms with E-state index in [0.29, 0.717) is 32.5 Å². The SMILES string of the molecule is C.C.CC1=CC[C@H]2[C@@H]3CC=C4CC(O)CC[C@]4(C)[C@H]3CC[C@]12C.C[C@H]1CC[C@H]2[C@@H]3CC=C4CC(O)CC[C@]4(C)[C@H]3CC[C@]12C.C[C@]12CCC(O)CC1=CC[C@@H]1[C@@H]2CC[C@]2(C)C(I)=CC[C@@H]12. The van der Waals surface area contributed by atoms with Crippen LogP contribution in [-0.2, 0) is 0 Å². The fourth-order valence-electron chi connectivity index (χ4n) is 19.5. The maximum atomic E-state index is 10.0. The van der Waals surface area contributed by atoms with Crippen molar-refractivity contribution in [2.24, 2.45) is 91.7 Å². The Labute approximate surface area is 413 Å². The standard InChI is InChI=1S/C20H32O.C20H30O.C19H27IO.2CH4/c2*1-13-4-7-17-16-6-5-14-12-15(21)8-10-20(14,3)18(16)9-11-19(13,17)2;1-18-9-7-13(21)11-12(18)3-4-14-15-5-6-17(20)19(15,2)10-8-16(14)18;;/h5,13,15-18,21H,4,6-12H2,1-3H3;4-5,15-18,21H,6-12H2,1-3H3;3,6,13-16,21H,4-5,7-11H2,1-2H3;2*1H4/t13-,15?,16-,17-,18-,19+,20-;15?,16-,17-,18-,19+,20-;13?,14-,15-,16-,18-,19-;;/m000../s1. The fraction of sp³-hybridized carbons (Fsp3) is 0.836. The summed E-state index contributed by atoms with van der Waals surface area (Å²) in [5.41, 5.74) is 9.21. The highest BCUT2D eigenvalue weighted by molar-refractivity contribution is 14.1. The summed E-state index contributed by atoms with van der Waals surface area (Å²) in [4.78, 5) is 0. The van der Waals surface area contributed by atoms with E-state index in [9.17, 15) is 15.3 Å². The summed E-state index contributed by atoms with van der Waals surface area (Å²) in [7, 11) is 0. The maximum Gasteiger partial charge on any atom is 0.0577 e. The Bertz CT molecular complexity index is 1780. The first-order valence-electron chi connectivity index (χ1n) is 27.0. The van der Waals surface area contributed by atoms with E-state index in [4.69, 9.17) is 0 Å². The predicted octanol–water partition coefficient (Wildman–Crippen LogP) is 16.3. The summed E-state index contributed by atoms with van der Waals surface area (Å²) in [6.07, 6.45) is 39.7. The van der Waals surface area contributed by atoms with Gasteiger partial charge < -0.3 is 15.3 Å². The highest BCUT2D eigenvalue weighted by atomic mass is 127. The van der Waals surface area contributed by atoms with Gasteiger partial charge in [-0.15, -0.1) is 0 Å². The lowest BCUT2D eigenvalue weighted by Crippen LogP contribution is -2.50. The Morgan fingerprint density at radius 1 is 0.431 bits per heavy atom. The Morgan fingerprint density at radius 3 is 1.29 bits per heavy atom. The first-order valence-corrected chi connectivity index (χ1v) is 28.1. The van der Waals surface area contributed by atoms with Crippen LogP contribution in [0.1, 0.15) is 212 Å². The molecule has 7 saturated carbocycles. The van der Waals surface area contributed by atoms with E-state index < -0.39 is 0 Å². The van der Waals surface area contributed by atoms with Gasteiger partial charge in [-0.2, -0.15) is 0 Å². The van der Waals surface area contributed by atoms with E-state index in [2.05, 4.69) is 108 Å². The monoisotopic (exact) mass is 1000 g/mol. The first-order chi connectivity index (χ1) is 29.8. The molecule has 0 amide bonds. The number of allylic oxidation sites excluding steroid dienone is 7. The zero-order chi connectivity index (χ0) is 44.5. The Morgan fingerprint density at radius 2 is 0.815 bits per heavy atom. The van der Waals surface area contributed by atoms with Crippen molar-refractivity contribution in [2.45, 2.75) is 230 Å². The molecule has 0 aromatic rings. The average Bonchev–Trinajstić information content (AvgIpc) is 3.86. The van der Waals surface area contributed by atoms with E-state index in [1.54, 1.807) is 25.9 Å². The number of halogens is 1. The zero-order valence-corrected chi connectivity index (χ0v) is 43.3. The van der Waals surface area contributed by atoms with Crippen molar-refractivity contribution in [3.8, 4) is 0 Å². The van der Waals surface area contributed by atoms with Crippen LogP contribution in [0.15, 0.2) is 56.3 Å². The van der Waals surface area contributed by atoms with Gasteiger partial charge in [0.05, 0.1) is 18.3 Å². The second-order valence-corrected chi connectivity index (χ2v) is 27.5. The van der Waals surface area contributed by atoms with Gasteiger partial charge in [0, 0.05) is 5.41 Å². The third-order valence-electron chi connectivity index (χ3n) is 24.2. The molecule has 12 aliphatic carbocycles. The molecule has 0 bridgehead atoms. The van der Waals surface area contributed by atoms with E-state index in [1.807, 2.05) is 0 Å². The van der Waals surface area contributed by atoms with Gasteiger partial charge >= 0.3 is 0 Å². The molecule has 3 unspecified atom stereocenters. The van der Waals surface area contributed by atoms with Crippen molar-refractivity contribution in [3.05, 3.63) is 56.3 Å². The molecule has 0 aromatic heterocycles. The minimum Gasteiger partial charge on any atom is -0.393 e. The van der Waals surface area contributed by atoms with Gasteiger partial charge in [0.1, 0.15) is 0 Å². The van der Waals surface area contributed by atoms with Gasteiger partial charge in [0.2, 0.25) is 0 Å². The third-order valence-corrected chi connectivity index (χ3v) is 25.8. The minimum absolute atomic E-state index is 0. The molecule has 0 heterocycles. The van der Waals surface area contributed by atoms with Crippen molar-refractivity contribution in [1.82, 2.24) is 0 Å². The lowest BCUT2D eigenvalue weighted by molar-refractivity contribution is -0.0474. The Balaban J connectivity index is 0.000000131. The minimum atomic E-state index is -0.0798. The molecule has 12 aliphatic rings. The molecule has 0 radical (unpaired) electrons. The van der Waals surface area contributed by atoms with Gasteiger partial charge in [0.15, 0.2) is 0 Å². The van der Waals surface area contributed by atoms with Crippen molar-refractivity contribution in [1.29, 1.82) is 0 Å². The molecule has 0 aliphatic heterocycles. The average molecular weight is 1010 g/mol. The second-order valence-electron chi connectivity index (χ2n) is 26.3. The number of hydrogen-bond donors (Lipinski definition) is 3. The van der Waals surface area contributed by atoms with Crippen LogP contribution in [0.2, 0.25) is 0 Å². The van der Waals surface area contributed by atoms with Crippen LogP contribution in [0.4, 0.5) is 0 Å². The third kappa shape index (κ3) is 7.92. The molecule has 65 heavy (non-hydrogen) atoms. The van der Waals surface area contributed by atoms with Gasteiger partial charge in [-0.1, -0.05) is 116 Å². The summed E-state index contributed by atoms with van der Waals surface area (Å²) in [5, 5.41) is 30.1. The number of fused-ring (bicyclic) bond motifs is 15. The summed E-state index contributed by atoms with van der Waals surface area (Å²) >= 11 is 2.60. The predicted molar refractivity (Wildman–Crippen MR) is 282 cm³/mol. The summed E-state index contributed by atoms with van der Waals surface area (Å²) in [5.74, 6) is 8.93. The normalized spacial score (nSPS) is 52.0. The van der Waals surface area contributed by atoms with Crippen molar-refractivity contribution < 1.29 is 15.3 Å². The topological polar surface area (TPSA) is 60.7 Å². The second kappa shape index (κ2) is 18.2. The Hall–Kier alpha value is -0.690. The van der Waals surface area contributed by atoms with Crippen LogP contribution in [0.25, 0.3) is 0 Å². The number of aliphatic hydroxyl groups is 3.